The van der Waals surface area contributed by atoms with Crippen molar-refractivity contribution in [1.82, 2.24) is 0 Å². The average molecular weight is 200 g/mol. The summed E-state index contributed by atoms with van der Waals surface area (Å²) in [4.78, 5) is 0. The van der Waals surface area contributed by atoms with Crippen molar-refractivity contribution in [2.75, 3.05) is 6.79 Å². The monoisotopic (exact) mass is 200 g/mol. The van der Waals surface area contributed by atoms with E-state index >= 15 is 0 Å². The van der Waals surface area contributed by atoms with Crippen molar-refractivity contribution in [3.63, 3.8) is 0 Å². The van der Waals surface area contributed by atoms with Crippen LogP contribution >= 0.6 is 0 Å². The first-order chi connectivity index (χ1) is 6.40. The second kappa shape index (κ2) is 3.82. The molecule has 0 saturated heterocycles. The first kappa shape index (κ1) is 12.0. The third kappa shape index (κ3) is 1.49. The summed E-state index contributed by atoms with van der Waals surface area (Å²) in [6.07, 6.45) is 2.38. The van der Waals surface area contributed by atoms with Crippen LogP contribution in [-0.2, 0) is 4.74 Å². The molecule has 0 bridgehead atoms. The van der Waals surface area contributed by atoms with Gasteiger partial charge in [0.1, 0.15) is 6.79 Å². The Labute approximate surface area is 87.7 Å². The molecule has 0 aromatic carbocycles. The molecule has 0 aromatic heterocycles. The maximum Gasteiger partial charge on any atom is 0.143 e. The third-order valence-corrected chi connectivity index (χ3v) is 4.99. The van der Waals surface area contributed by atoms with Crippen LogP contribution in [-0.4, -0.2) is 18.0 Å². The van der Waals surface area contributed by atoms with Crippen molar-refractivity contribution in [1.29, 1.82) is 0 Å². The van der Waals surface area contributed by atoms with E-state index in [1.54, 1.807) is 0 Å². The molecular formula is C12H24O2. The van der Waals surface area contributed by atoms with Gasteiger partial charge in [-0.05, 0) is 29.6 Å². The summed E-state index contributed by atoms with van der Waals surface area (Å²) in [6.45, 7) is 11.3. The molecule has 3 unspecified atom stereocenters. The SMILES string of the molecule is CCC1(C)C(OCO)CC(C)C1(C)C. The van der Waals surface area contributed by atoms with Gasteiger partial charge in [0, 0.05) is 0 Å². The number of aliphatic hydroxyl groups is 1. The Bertz CT molecular complexity index is 200. The van der Waals surface area contributed by atoms with Crippen LogP contribution in [0.15, 0.2) is 0 Å². The van der Waals surface area contributed by atoms with Crippen molar-refractivity contribution in [2.24, 2.45) is 16.7 Å². The van der Waals surface area contributed by atoms with Crippen LogP contribution in [0, 0.1) is 16.7 Å². The first-order valence-corrected chi connectivity index (χ1v) is 5.62. The average Bonchev–Trinajstić information content (AvgIpc) is 2.29. The fourth-order valence-corrected chi connectivity index (χ4v) is 2.88. The number of aliphatic hydroxyl groups excluding tert-OH is 1. The van der Waals surface area contributed by atoms with E-state index in [4.69, 9.17) is 9.84 Å². The van der Waals surface area contributed by atoms with E-state index in [0.29, 0.717) is 11.3 Å². The molecule has 1 N–H and O–H groups in total. The Balaban J connectivity index is 2.92. The number of hydrogen-bond donors (Lipinski definition) is 1. The highest BCUT2D eigenvalue weighted by Crippen LogP contribution is 2.58. The molecular weight excluding hydrogens is 176 g/mol. The minimum atomic E-state index is -0.150. The summed E-state index contributed by atoms with van der Waals surface area (Å²) >= 11 is 0. The summed E-state index contributed by atoms with van der Waals surface area (Å²) in [5.74, 6) is 0.656. The zero-order valence-corrected chi connectivity index (χ0v) is 10.1. The maximum atomic E-state index is 8.89. The zero-order chi connectivity index (χ0) is 11.0. The largest absolute Gasteiger partial charge is 0.371 e. The summed E-state index contributed by atoms with van der Waals surface area (Å²) in [6, 6.07) is 0. The lowest BCUT2D eigenvalue weighted by Gasteiger charge is -2.43. The summed E-state index contributed by atoms with van der Waals surface area (Å²) < 4.78 is 5.47. The minimum Gasteiger partial charge on any atom is -0.371 e. The molecule has 84 valence electrons. The van der Waals surface area contributed by atoms with Crippen LogP contribution in [0.2, 0.25) is 0 Å². The lowest BCUT2D eigenvalue weighted by molar-refractivity contribution is -0.108. The molecule has 0 aliphatic heterocycles. The highest BCUT2D eigenvalue weighted by atomic mass is 16.6. The smallest absolute Gasteiger partial charge is 0.143 e. The summed E-state index contributed by atoms with van der Waals surface area (Å²) in [5.41, 5.74) is 0.483. The van der Waals surface area contributed by atoms with Crippen molar-refractivity contribution >= 4 is 0 Å². The zero-order valence-electron chi connectivity index (χ0n) is 10.1. The molecule has 0 heterocycles. The number of rotatable bonds is 3. The second-order valence-electron chi connectivity index (χ2n) is 5.41. The van der Waals surface area contributed by atoms with Gasteiger partial charge in [-0.25, -0.2) is 0 Å². The highest BCUT2D eigenvalue weighted by molar-refractivity contribution is 5.04. The van der Waals surface area contributed by atoms with E-state index in [0.717, 1.165) is 12.8 Å². The van der Waals surface area contributed by atoms with Gasteiger partial charge in [-0.2, -0.15) is 0 Å². The van der Waals surface area contributed by atoms with Gasteiger partial charge in [0.05, 0.1) is 6.10 Å². The fourth-order valence-electron chi connectivity index (χ4n) is 2.88. The first-order valence-electron chi connectivity index (χ1n) is 5.62. The lowest BCUT2D eigenvalue weighted by atomic mass is 9.64. The lowest BCUT2D eigenvalue weighted by Crippen LogP contribution is -2.40. The molecule has 3 atom stereocenters. The normalized spacial score (nSPS) is 41.6. The molecule has 1 fully saturated rings. The van der Waals surface area contributed by atoms with Crippen LogP contribution in [0.4, 0.5) is 0 Å². The van der Waals surface area contributed by atoms with E-state index in [1.807, 2.05) is 0 Å². The van der Waals surface area contributed by atoms with Crippen molar-refractivity contribution < 1.29 is 9.84 Å². The van der Waals surface area contributed by atoms with Gasteiger partial charge in [-0.15, -0.1) is 0 Å². The molecule has 2 heteroatoms. The van der Waals surface area contributed by atoms with Crippen LogP contribution in [0.1, 0.15) is 47.5 Å². The molecule has 0 aromatic rings. The standard InChI is InChI=1S/C12H24O2/c1-6-12(5)10(14-8-13)7-9(2)11(12,3)4/h9-10,13H,6-8H2,1-5H3. The maximum absolute atomic E-state index is 8.89. The number of ether oxygens (including phenoxy) is 1. The van der Waals surface area contributed by atoms with Gasteiger partial charge in [-0.3, -0.25) is 0 Å². The highest BCUT2D eigenvalue weighted by Gasteiger charge is 2.55. The van der Waals surface area contributed by atoms with Gasteiger partial charge in [-0.1, -0.05) is 34.6 Å². The topological polar surface area (TPSA) is 29.5 Å². The van der Waals surface area contributed by atoms with E-state index in [1.165, 1.54) is 0 Å². The third-order valence-electron chi connectivity index (χ3n) is 4.99. The predicted molar refractivity (Wildman–Crippen MR) is 57.9 cm³/mol. The molecule has 1 aliphatic carbocycles. The van der Waals surface area contributed by atoms with Crippen molar-refractivity contribution in [3.05, 3.63) is 0 Å². The van der Waals surface area contributed by atoms with Crippen LogP contribution in [0.3, 0.4) is 0 Å². The molecule has 0 spiro atoms. The predicted octanol–water partition coefficient (Wildman–Crippen LogP) is 2.80. The molecule has 0 radical (unpaired) electrons. The van der Waals surface area contributed by atoms with E-state index in [-0.39, 0.29) is 18.3 Å². The molecule has 1 saturated carbocycles. The van der Waals surface area contributed by atoms with Gasteiger partial charge in [0.2, 0.25) is 0 Å². The summed E-state index contributed by atoms with van der Waals surface area (Å²) in [5, 5.41) is 8.89. The molecule has 1 rings (SSSR count). The van der Waals surface area contributed by atoms with E-state index in [9.17, 15) is 0 Å². The van der Waals surface area contributed by atoms with Gasteiger partial charge in [0.15, 0.2) is 0 Å². The molecule has 2 nitrogen and oxygen atoms in total. The minimum absolute atomic E-state index is 0.150. The van der Waals surface area contributed by atoms with E-state index < -0.39 is 0 Å². The molecule has 1 aliphatic rings. The van der Waals surface area contributed by atoms with Crippen LogP contribution in [0.25, 0.3) is 0 Å². The second-order valence-corrected chi connectivity index (χ2v) is 5.41. The van der Waals surface area contributed by atoms with Gasteiger partial charge in [0.25, 0.3) is 0 Å². The molecule has 0 amide bonds. The van der Waals surface area contributed by atoms with Crippen LogP contribution < -0.4 is 0 Å². The summed E-state index contributed by atoms with van der Waals surface area (Å²) in [7, 11) is 0. The van der Waals surface area contributed by atoms with Crippen LogP contribution in [0.5, 0.6) is 0 Å². The van der Waals surface area contributed by atoms with Crippen molar-refractivity contribution in [2.45, 2.75) is 53.6 Å². The van der Waals surface area contributed by atoms with Gasteiger partial charge < -0.3 is 9.84 Å². The quantitative estimate of drug-likeness (QED) is 0.710. The Morgan fingerprint density at radius 2 is 1.93 bits per heavy atom. The Morgan fingerprint density at radius 1 is 1.36 bits per heavy atom. The molecule has 14 heavy (non-hydrogen) atoms. The Hall–Kier alpha value is -0.0800. The van der Waals surface area contributed by atoms with E-state index in [2.05, 4.69) is 34.6 Å². The Kier molecular flexibility index (Phi) is 3.27. The van der Waals surface area contributed by atoms with Gasteiger partial charge >= 0.3 is 0 Å². The Morgan fingerprint density at radius 3 is 2.36 bits per heavy atom. The van der Waals surface area contributed by atoms with Crippen molar-refractivity contribution in [3.8, 4) is 0 Å². The fraction of sp³-hybridized carbons (Fsp3) is 1.00. The number of hydrogen-bond acceptors (Lipinski definition) is 2.